The number of imidazole rings is 1. The van der Waals surface area contributed by atoms with E-state index in [4.69, 9.17) is 10.7 Å². The first-order valence-corrected chi connectivity index (χ1v) is 12.0. The predicted octanol–water partition coefficient (Wildman–Crippen LogP) is 5.21. The fourth-order valence-electron chi connectivity index (χ4n) is 5.21. The molecule has 0 unspecified atom stereocenters. The summed E-state index contributed by atoms with van der Waals surface area (Å²) in [6.45, 7) is 9.22. The number of fused-ring (bicyclic) bond motifs is 2. The van der Waals surface area contributed by atoms with Crippen LogP contribution in [0.3, 0.4) is 0 Å². The van der Waals surface area contributed by atoms with Gasteiger partial charge in [-0.15, -0.1) is 0 Å². The fourth-order valence-corrected chi connectivity index (χ4v) is 5.21. The van der Waals surface area contributed by atoms with E-state index in [0.717, 1.165) is 77.4 Å². The smallest absolute Gasteiger partial charge is 0.138 e. The van der Waals surface area contributed by atoms with Gasteiger partial charge in [-0.3, -0.25) is 0 Å². The Morgan fingerprint density at radius 1 is 1.18 bits per heavy atom. The Morgan fingerprint density at radius 2 is 2.03 bits per heavy atom. The molecule has 170 valence electrons. The lowest BCUT2D eigenvalue weighted by atomic mass is 10.0. The average Bonchev–Trinajstić information content (AvgIpc) is 3.49. The van der Waals surface area contributed by atoms with Gasteiger partial charge in [0.1, 0.15) is 17.2 Å². The molecular formula is C27H30FN5. The minimum absolute atomic E-state index is 0.198. The van der Waals surface area contributed by atoms with E-state index in [1.165, 1.54) is 18.9 Å². The van der Waals surface area contributed by atoms with Crippen LogP contribution in [0, 0.1) is 18.7 Å². The summed E-state index contributed by atoms with van der Waals surface area (Å²) >= 11 is 0. The summed E-state index contributed by atoms with van der Waals surface area (Å²) < 4.78 is 18.5. The summed E-state index contributed by atoms with van der Waals surface area (Å²) in [7, 11) is 0. The van der Waals surface area contributed by atoms with Gasteiger partial charge in [-0.2, -0.15) is 0 Å². The van der Waals surface area contributed by atoms with Crippen LogP contribution < -0.4 is 5.73 Å². The zero-order valence-electron chi connectivity index (χ0n) is 19.1. The van der Waals surface area contributed by atoms with Crippen molar-refractivity contribution in [1.82, 2.24) is 18.9 Å². The molecule has 0 amide bonds. The number of nitrogens with zero attached hydrogens (tertiary/aromatic N) is 4. The van der Waals surface area contributed by atoms with Gasteiger partial charge in [0.05, 0.1) is 11.2 Å². The summed E-state index contributed by atoms with van der Waals surface area (Å²) in [5, 5.41) is 1.05. The van der Waals surface area contributed by atoms with Crippen LogP contribution in [0.5, 0.6) is 0 Å². The highest BCUT2D eigenvalue weighted by Crippen LogP contribution is 2.37. The fraction of sp³-hybridized carbons (Fsp3) is 0.370. The maximum atomic E-state index is 14.1. The molecule has 1 atom stereocenters. The van der Waals surface area contributed by atoms with Crippen molar-refractivity contribution in [2.24, 2.45) is 11.7 Å². The van der Waals surface area contributed by atoms with Gasteiger partial charge in [-0.25, -0.2) is 9.37 Å². The molecule has 2 fully saturated rings. The molecule has 6 rings (SSSR count). The maximum Gasteiger partial charge on any atom is 0.138 e. The lowest BCUT2D eigenvalue weighted by molar-refractivity contribution is 0.296. The standard InChI is InChI=1S/C27H30FN5/c1-17(31-10-3-4-23(29)16-31)20-9-11-32-18(2)27(30-26(32)13-20)25-12-21-7-8-22(28)14-24(21)33(25)15-19-5-6-19/h7-9,11-14,19,23H,1,3-6,10,15-16,29H2,2H3/t23-/m1/s1. The maximum absolute atomic E-state index is 14.1. The summed E-state index contributed by atoms with van der Waals surface area (Å²) in [5.74, 6) is 0.474. The number of nitrogens with two attached hydrogens (primary N) is 1. The molecule has 0 bridgehead atoms. The van der Waals surface area contributed by atoms with Crippen molar-refractivity contribution < 1.29 is 4.39 Å². The summed E-state index contributed by atoms with van der Waals surface area (Å²) in [6.07, 6.45) is 6.74. The number of aryl methyl sites for hydroxylation is 1. The first kappa shape index (κ1) is 20.5. The molecule has 5 nitrogen and oxygen atoms in total. The van der Waals surface area contributed by atoms with E-state index >= 15 is 0 Å². The van der Waals surface area contributed by atoms with Crippen LogP contribution in [0.1, 0.15) is 36.9 Å². The van der Waals surface area contributed by atoms with E-state index in [1.807, 2.05) is 6.07 Å². The van der Waals surface area contributed by atoms with Crippen molar-refractivity contribution in [3.8, 4) is 11.4 Å². The second kappa shape index (κ2) is 7.73. The van der Waals surface area contributed by atoms with Gasteiger partial charge < -0.3 is 19.6 Å². The normalized spacial score (nSPS) is 19.0. The zero-order valence-corrected chi connectivity index (χ0v) is 19.1. The number of benzene rings is 1. The molecule has 3 aromatic heterocycles. The van der Waals surface area contributed by atoms with Gasteiger partial charge in [0.2, 0.25) is 0 Å². The van der Waals surface area contributed by atoms with Gasteiger partial charge in [-0.05, 0) is 74.9 Å². The first-order valence-electron chi connectivity index (χ1n) is 12.0. The van der Waals surface area contributed by atoms with Crippen LogP contribution in [0.4, 0.5) is 4.39 Å². The Hall–Kier alpha value is -3.12. The molecule has 1 saturated heterocycles. The zero-order chi connectivity index (χ0) is 22.7. The Kier molecular flexibility index (Phi) is 4.80. The molecule has 1 aliphatic carbocycles. The van der Waals surface area contributed by atoms with Crippen LogP contribution in [-0.2, 0) is 6.54 Å². The molecule has 2 aliphatic rings. The number of hydrogen-bond donors (Lipinski definition) is 1. The van der Waals surface area contributed by atoms with Gasteiger partial charge in [0.25, 0.3) is 0 Å². The molecule has 4 aromatic rings. The molecule has 0 radical (unpaired) electrons. The third-order valence-electron chi connectivity index (χ3n) is 7.28. The quantitative estimate of drug-likeness (QED) is 0.461. The minimum Gasteiger partial charge on any atom is -0.370 e. The predicted molar refractivity (Wildman–Crippen MR) is 131 cm³/mol. The summed E-state index contributed by atoms with van der Waals surface area (Å²) in [6, 6.07) is 11.6. The molecule has 4 heterocycles. The second-order valence-electron chi connectivity index (χ2n) is 9.77. The van der Waals surface area contributed by atoms with E-state index < -0.39 is 0 Å². The second-order valence-corrected chi connectivity index (χ2v) is 9.77. The monoisotopic (exact) mass is 443 g/mol. The van der Waals surface area contributed by atoms with Crippen molar-refractivity contribution in [1.29, 1.82) is 0 Å². The number of likely N-dealkylation sites (tertiary alicyclic amines) is 1. The lowest BCUT2D eigenvalue weighted by Crippen LogP contribution is -2.41. The number of rotatable bonds is 5. The van der Waals surface area contributed by atoms with Gasteiger partial charge in [-0.1, -0.05) is 6.58 Å². The highest BCUT2D eigenvalue weighted by atomic mass is 19.1. The van der Waals surface area contributed by atoms with Crippen LogP contribution in [0.25, 0.3) is 33.6 Å². The summed E-state index contributed by atoms with van der Waals surface area (Å²) in [5.41, 5.74) is 13.2. The highest BCUT2D eigenvalue weighted by molar-refractivity contribution is 5.87. The van der Waals surface area contributed by atoms with E-state index in [2.05, 4.69) is 51.8 Å². The molecule has 6 heteroatoms. The van der Waals surface area contributed by atoms with Crippen LogP contribution in [-0.4, -0.2) is 38.0 Å². The van der Waals surface area contributed by atoms with Crippen molar-refractivity contribution in [2.45, 2.75) is 45.2 Å². The minimum atomic E-state index is -0.198. The number of piperidine rings is 1. The number of aromatic nitrogens is 3. The Bertz CT molecular complexity index is 1380. The summed E-state index contributed by atoms with van der Waals surface area (Å²) in [4.78, 5) is 7.35. The van der Waals surface area contributed by atoms with Crippen molar-refractivity contribution in [3.05, 3.63) is 66.2 Å². The van der Waals surface area contributed by atoms with E-state index in [-0.39, 0.29) is 11.9 Å². The molecular weight excluding hydrogens is 413 g/mol. The van der Waals surface area contributed by atoms with Crippen LogP contribution >= 0.6 is 0 Å². The molecule has 1 aliphatic heterocycles. The molecule has 33 heavy (non-hydrogen) atoms. The topological polar surface area (TPSA) is 51.5 Å². The van der Waals surface area contributed by atoms with Gasteiger partial charge in [0, 0.05) is 54.2 Å². The number of halogens is 1. The van der Waals surface area contributed by atoms with E-state index in [1.54, 1.807) is 6.07 Å². The lowest BCUT2D eigenvalue weighted by Gasteiger charge is -2.34. The molecule has 1 aromatic carbocycles. The Morgan fingerprint density at radius 3 is 2.82 bits per heavy atom. The van der Waals surface area contributed by atoms with Gasteiger partial charge in [0.15, 0.2) is 0 Å². The van der Waals surface area contributed by atoms with E-state index in [0.29, 0.717) is 5.92 Å². The number of hydrogen-bond acceptors (Lipinski definition) is 3. The average molecular weight is 444 g/mol. The Labute approximate surface area is 193 Å². The van der Waals surface area contributed by atoms with Crippen LogP contribution in [0.2, 0.25) is 0 Å². The molecule has 0 spiro atoms. The third-order valence-corrected chi connectivity index (χ3v) is 7.28. The van der Waals surface area contributed by atoms with Crippen molar-refractivity contribution >= 4 is 22.2 Å². The van der Waals surface area contributed by atoms with Crippen molar-refractivity contribution in [3.63, 3.8) is 0 Å². The first-order chi connectivity index (χ1) is 16.0. The van der Waals surface area contributed by atoms with Crippen molar-refractivity contribution in [2.75, 3.05) is 13.1 Å². The largest absolute Gasteiger partial charge is 0.370 e. The number of pyridine rings is 1. The highest BCUT2D eigenvalue weighted by Gasteiger charge is 2.26. The molecule has 2 N–H and O–H groups in total. The SMILES string of the molecule is C=C(c1ccn2c(C)c(-c3cc4ccc(F)cc4n3CC3CC3)nc2c1)N1CCC[C@@H](N)C1. The molecule has 1 saturated carbocycles. The van der Waals surface area contributed by atoms with Crippen LogP contribution in [0.15, 0.2) is 49.2 Å². The van der Waals surface area contributed by atoms with Gasteiger partial charge >= 0.3 is 0 Å². The Balaban J connectivity index is 1.43. The third kappa shape index (κ3) is 3.62. The van der Waals surface area contributed by atoms with E-state index in [9.17, 15) is 4.39 Å².